The number of carbonyl (C=O) groups is 2. The summed E-state index contributed by atoms with van der Waals surface area (Å²) in [6, 6.07) is -1.45. The number of rotatable bonds is 6. The van der Waals surface area contributed by atoms with Crippen LogP contribution in [0.15, 0.2) is 0 Å². The molecular weight excluding hydrogens is 265 g/mol. The highest BCUT2D eigenvalue weighted by atomic mass is 19.4. The maximum atomic E-state index is 12.3. The van der Waals surface area contributed by atoms with Crippen molar-refractivity contribution < 1.29 is 27.9 Å². The van der Waals surface area contributed by atoms with Gasteiger partial charge in [-0.15, -0.1) is 0 Å². The quantitative estimate of drug-likeness (QED) is 0.781. The zero-order valence-electron chi connectivity index (χ0n) is 10.5. The number of nitrogens with one attached hydrogen (secondary N) is 1. The average molecular weight is 282 g/mol. The average Bonchev–Trinajstić information content (AvgIpc) is 3.06. The third-order valence-electron chi connectivity index (χ3n) is 2.93. The van der Waals surface area contributed by atoms with Crippen LogP contribution in [-0.2, 0) is 4.79 Å². The SMILES string of the molecule is CCN(CC(F)(F)F)C(=O)NC(CC(=O)O)C1CC1. The summed E-state index contributed by atoms with van der Waals surface area (Å²) in [6.45, 7) is 0.0181. The van der Waals surface area contributed by atoms with Crippen LogP contribution >= 0.6 is 0 Å². The van der Waals surface area contributed by atoms with E-state index in [0.29, 0.717) is 4.90 Å². The molecule has 1 unspecified atom stereocenters. The minimum absolute atomic E-state index is 0.0599. The summed E-state index contributed by atoms with van der Waals surface area (Å²) in [7, 11) is 0. The molecule has 0 radical (unpaired) electrons. The van der Waals surface area contributed by atoms with E-state index in [1.807, 2.05) is 0 Å². The van der Waals surface area contributed by atoms with Crippen molar-refractivity contribution in [2.45, 2.75) is 38.4 Å². The van der Waals surface area contributed by atoms with Crippen molar-refractivity contribution in [3.63, 3.8) is 0 Å². The molecule has 1 atom stereocenters. The van der Waals surface area contributed by atoms with Crippen molar-refractivity contribution in [2.24, 2.45) is 5.92 Å². The first-order valence-electron chi connectivity index (χ1n) is 6.07. The van der Waals surface area contributed by atoms with E-state index in [2.05, 4.69) is 5.32 Å². The molecule has 0 aromatic carbocycles. The van der Waals surface area contributed by atoms with Crippen LogP contribution in [0.25, 0.3) is 0 Å². The molecule has 0 aromatic heterocycles. The fraction of sp³-hybridized carbons (Fsp3) is 0.818. The Bertz CT molecular complexity index is 343. The Labute approximate surface area is 108 Å². The Balaban J connectivity index is 2.56. The summed E-state index contributed by atoms with van der Waals surface area (Å²) >= 11 is 0. The van der Waals surface area contributed by atoms with Crippen LogP contribution in [-0.4, -0.2) is 47.3 Å². The van der Waals surface area contributed by atoms with Crippen molar-refractivity contribution >= 4 is 12.0 Å². The zero-order chi connectivity index (χ0) is 14.6. The second-order valence-corrected chi connectivity index (χ2v) is 4.62. The van der Waals surface area contributed by atoms with E-state index in [1.165, 1.54) is 6.92 Å². The number of carbonyl (C=O) groups excluding carboxylic acids is 1. The number of hydrogen-bond donors (Lipinski definition) is 2. The van der Waals surface area contributed by atoms with Crippen LogP contribution in [0.4, 0.5) is 18.0 Å². The largest absolute Gasteiger partial charge is 0.481 e. The van der Waals surface area contributed by atoms with E-state index >= 15 is 0 Å². The molecule has 0 aliphatic heterocycles. The van der Waals surface area contributed by atoms with Crippen molar-refractivity contribution in [3.05, 3.63) is 0 Å². The smallest absolute Gasteiger partial charge is 0.406 e. The number of carboxylic acid groups (broad SMARTS) is 1. The highest BCUT2D eigenvalue weighted by molar-refractivity contribution is 5.76. The molecule has 1 rings (SSSR count). The van der Waals surface area contributed by atoms with Gasteiger partial charge in [0, 0.05) is 12.6 Å². The summed E-state index contributed by atoms with van der Waals surface area (Å²) in [5.74, 6) is -1.01. The molecule has 1 aliphatic carbocycles. The van der Waals surface area contributed by atoms with E-state index in [1.54, 1.807) is 0 Å². The molecule has 8 heteroatoms. The highest BCUT2D eigenvalue weighted by Gasteiger charge is 2.36. The van der Waals surface area contributed by atoms with Gasteiger partial charge in [0.1, 0.15) is 6.54 Å². The minimum Gasteiger partial charge on any atom is -0.481 e. The van der Waals surface area contributed by atoms with Gasteiger partial charge in [0.25, 0.3) is 0 Å². The van der Waals surface area contributed by atoms with E-state index in [4.69, 9.17) is 5.11 Å². The number of alkyl halides is 3. The molecule has 1 saturated carbocycles. The number of nitrogens with zero attached hydrogens (tertiary/aromatic N) is 1. The van der Waals surface area contributed by atoms with Crippen LogP contribution in [0, 0.1) is 5.92 Å². The Kier molecular flexibility index (Phi) is 5.02. The molecule has 2 N–H and O–H groups in total. The summed E-state index contributed by atoms with van der Waals surface area (Å²) in [5, 5.41) is 11.1. The predicted molar refractivity (Wildman–Crippen MR) is 60.6 cm³/mol. The van der Waals surface area contributed by atoms with Crippen LogP contribution in [0.1, 0.15) is 26.2 Å². The molecule has 0 spiro atoms. The van der Waals surface area contributed by atoms with Crippen molar-refractivity contribution in [3.8, 4) is 0 Å². The van der Waals surface area contributed by atoms with Crippen molar-refractivity contribution in [1.82, 2.24) is 10.2 Å². The maximum absolute atomic E-state index is 12.3. The number of urea groups is 1. The number of amides is 2. The number of halogens is 3. The third-order valence-corrected chi connectivity index (χ3v) is 2.93. The standard InChI is InChI=1S/C11H17F3N2O3/c1-2-16(6-11(12,13)14)10(19)15-8(5-9(17)18)7-3-4-7/h7-8H,2-6H2,1H3,(H,15,19)(H,17,18). The predicted octanol–water partition coefficient (Wildman–Crippen LogP) is 1.83. The molecule has 0 saturated heterocycles. The van der Waals surface area contributed by atoms with E-state index in [-0.39, 0.29) is 18.9 Å². The van der Waals surface area contributed by atoms with Gasteiger partial charge in [0.05, 0.1) is 6.42 Å². The molecular formula is C11H17F3N2O3. The first kappa shape index (κ1) is 15.6. The maximum Gasteiger partial charge on any atom is 0.406 e. The zero-order valence-corrected chi connectivity index (χ0v) is 10.5. The Morgan fingerprint density at radius 3 is 2.37 bits per heavy atom. The van der Waals surface area contributed by atoms with Gasteiger partial charge in [-0.25, -0.2) is 4.79 Å². The second kappa shape index (κ2) is 6.12. The first-order valence-corrected chi connectivity index (χ1v) is 6.07. The minimum atomic E-state index is -4.46. The van der Waals surface area contributed by atoms with Gasteiger partial charge in [0.2, 0.25) is 0 Å². The van der Waals surface area contributed by atoms with Gasteiger partial charge in [-0.1, -0.05) is 0 Å². The summed E-state index contributed by atoms with van der Waals surface area (Å²) in [4.78, 5) is 23.0. The summed E-state index contributed by atoms with van der Waals surface area (Å²) in [6.07, 6.45) is -3.14. The van der Waals surface area contributed by atoms with Gasteiger partial charge < -0.3 is 15.3 Å². The molecule has 2 amide bonds. The summed E-state index contributed by atoms with van der Waals surface area (Å²) < 4.78 is 36.8. The Morgan fingerprint density at radius 2 is 2.00 bits per heavy atom. The molecule has 0 heterocycles. The molecule has 19 heavy (non-hydrogen) atoms. The van der Waals surface area contributed by atoms with Crippen molar-refractivity contribution in [2.75, 3.05) is 13.1 Å². The molecule has 5 nitrogen and oxygen atoms in total. The lowest BCUT2D eigenvalue weighted by molar-refractivity contribution is -0.140. The normalized spacial score (nSPS) is 16.8. The lowest BCUT2D eigenvalue weighted by Gasteiger charge is -2.25. The van der Waals surface area contributed by atoms with Crippen LogP contribution in [0.3, 0.4) is 0 Å². The van der Waals surface area contributed by atoms with Gasteiger partial charge in [0.15, 0.2) is 0 Å². The number of carboxylic acids is 1. The molecule has 0 aromatic rings. The number of hydrogen-bond acceptors (Lipinski definition) is 2. The van der Waals surface area contributed by atoms with E-state index < -0.39 is 30.8 Å². The summed E-state index contributed by atoms with van der Waals surface area (Å²) in [5.41, 5.74) is 0. The number of aliphatic carboxylic acids is 1. The van der Waals surface area contributed by atoms with Gasteiger partial charge >= 0.3 is 18.2 Å². The second-order valence-electron chi connectivity index (χ2n) is 4.62. The Morgan fingerprint density at radius 1 is 1.42 bits per heavy atom. The third kappa shape index (κ3) is 5.80. The Hall–Kier alpha value is -1.47. The van der Waals surface area contributed by atoms with E-state index in [9.17, 15) is 22.8 Å². The van der Waals surface area contributed by atoms with Crippen LogP contribution in [0.5, 0.6) is 0 Å². The monoisotopic (exact) mass is 282 g/mol. The van der Waals surface area contributed by atoms with Gasteiger partial charge in [-0.3, -0.25) is 4.79 Å². The molecule has 1 aliphatic rings. The van der Waals surface area contributed by atoms with E-state index in [0.717, 1.165) is 12.8 Å². The van der Waals surface area contributed by atoms with Gasteiger partial charge in [-0.2, -0.15) is 13.2 Å². The molecule has 0 bridgehead atoms. The fourth-order valence-electron chi connectivity index (χ4n) is 1.82. The highest BCUT2D eigenvalue weighted by Crippen LogP contribution is 2.34. The molecule has 1 fully saturated rings. The fourth-order valence-corrected chi connectivity index (χ4v) is 1.82. The molecule has 110 valence electrons. The topological polar surface area (TPSA) is 69.6 Å². The lowest BCUT2D eigenvalue weighted by Crippen LogP contribution is -2.49. The van der Waals surface area contributed by atoms with Gasteiger partial charge in [-0.05, 0) is 25.7 Å². The van der Waals surface area contributed by atoms with Crippen molar-refractivity contribution in [1.29, 1.82) is 0 Å². The first-order chi connectivity index (χ1) is 8.73. The van der Waals surface area contributed by atoms with Crippen LogP contribution < -0.4 is 5.32 Å². The van der Waals surface area contributed by atoms with Crippen LogP contribution in [0.2, 0.25) is 0 Å². The lowest BCUT2D eigenvalue weighted by atomic mass is 10.1.